The predicted octanol–water partition coefficient (Wildman–Crippen LogP) is 3.07. The van der Waals surface area contributed by atoms with Crippen molar-refractivity contribution in [2.45, 2.75) is 269 Å². The van der Waals surface area contributed by atoms with Crippen LogP contribution in [0.25, 0.3) is 0 Å². The third-order valence-corrected chi connectivity index (χ3v) is 20.7. The van der Waals surface area contributed by atoms with Crippen LogP contribution in [0, 0.1) is 44.8 Å². The van der Waals surface area contributed by atoms with Crippen molar-refractivity contribution in [1.82, 2.24) is 5.32 Å². The number of aliphatic carboxylic acids is 1. The Hall–Kier alpha value is -2.74. The first-order valence-electron chi connectivity index (χ1n) is 29.5. The lowest BCUT2D eigenvalue weighted by atomic mass is 9.23. The Kier molecular flexibility index (Phi) is 20.7. The number of hydrogen-bond donors (Lipinski definition) is 11. The third-order valence-electron chi connectivity index (χ3n) is 20.7. The number of carbonyl (C=O) groups is 4. The van der Waals surface area contributed by atoms with Crippen LogP contribution in [0.1, 0.15) is 171 Å². The highest BCUT2D eigenvalue weighted by molar-refractivity contribution is 5.80. The molecule has 11 N–H and O–H groups in total. The van der Waals surface area contributed by atoms with Gasteiger partial charge in [-0.1, -0.05) is 111 Å². The average Bonchev–Trinajstić information content (AvgIpc) is 3.46. The number of aliphatic hydroxyl groups excluding tert-OH is 9. The third kappa shape index (κ3) is 11.5. The fraction of sp³-hybridized carbons (Fsp3) is 0.897. The molecule has 3 aliphatic heterocycles. The summed E-state index contributed by atoms with van der Waals surface area (Å²) in [5, 5.41) is 113. The number of allylic oxidation sites excluding steroid dienone is 2. The van der Waals surface area contributed by atoms with Crippen molar-refractivity contribution in [2.75, 3.05) is 13.2 Å². The fourth-order valence-corrected chi connectivity index (χ4v) is 16.2. The number of aldehydes is 1. The monoisotopic (exact) mass is 1130 g/mol. The maximum absolute atomic E-state index is 15.5. The van der Waals surface area contributed by atoms with E-state index in [1.165, 1.54) is 12.5 Å². The predicted molar refractivity (Wildman–Crippen MR) is 282 cm³/mol. The van der Waals surface area contributed by atoms with Crippen molar-refractivity contribution in [3.05, 3.63) is 11.1 Å². The van der Waals surface area contributed by atoms with E-state index >= 15 is 4.79 Å². The molecule has 23 atom stereocenters. The molecule has 13 unspecified atom stereocenters. The van der Waals surface area contributed by atoms with Gasteiger partial charge in [-0.3, -0.25) is 14.4 Å². The van der Waals surface area contributed by atoms with Crippen LogP contribution in [-0.4, -0.2) is 187 Å². The number of carboxylic acids is 1. The Morgan fingerprint density at radius 3 is 2.04 bits per heavy atom. The van der Waals surface area contributed by atoms with Crippen LogP contribution in [0.15, 0.2) is 11.1 Å². The molecule has 3 saturated carbocycles. The first kappa shape index (κ1) is 63.8. The van der Waals surface area contributed by atoms with Crippen molar-refractivity contribution in [1.29, 1.82) is 0 Å². The van der Waals surface area contributed by atoms with Gasteiger partial charge in [-0.2, -0.15) is 0 Å². The molecular formula is C58H95NO20. The summed E-state index contributed by atoms with van der Waals surface area (Å²) in [5.74, 6) is -2.62. The fourth-order valence-electron chi connectivity index (χ4n) is 16.2. The highest BCUT2D eigenvalue weighted by Gasteiger charge is 2.79. The Labute approximate surface area is 465 Å². The molecule has 1 spiro atoms. The summed E-state index contributed by atoms with van der Waals surface area (Å²) in [6, 6.07) is -1.36. The van der Waals surface area contributed by atoms with E-state index in [1.54, 1.807) is 0 Å². The largest absolute Gasteiger partial charge is 0.481 e. The normalized spacial score (nSPS) is 42.7. The molecule has 0 radical (unpaired) electrons. The highest BCUT2D eigenvalue weighted by Crippen LogP contribution is 2.85. The van der Waals surface area contributed by atoms with Gasteiger partial charge in [-0.25, -0.2) is 0 Å². The SMILES string of the molecule is CCCCC1(C(=O)O[C@@H]2O[C@H](CO)C(NC(=O)CCCCCCCCCCC(=O)O)C(O)C2O[C@@H]2O[C@H](C)C(O[C@@H]3OC[C@@H](O)C(O)C3O)C(O)C2O)C(C)C2=C3CC4C(C)(C)[C@H](C(C)(C=O)C(O)CC)CC[C@]34[C@]2(C)C[C@H]1O. The molecule has 7 rings (SSSR count). The van der Waals surface area contributed by atoms with Crippen LogP contribution in [0.3, 0.4) is 0 Å². The van der Waals surface area contributed by atoms with Crippen molar-refractivity contribution in [3.8, 4) is 0 Å². The summed E-state index contributed by atoms with van der Waals surface area (Å²) >= 11 is 0. The molecule has 21 heteroatoms. The molecule has 3 saturated heterocycles. The quantitative estimate of drug-likeness (QED) is 0.0257. The van der Waals surface area contributed by atoms with Crippen molar-refractivity contribution < 1.29 is 98.7 Å². The van der Waals surface area contributed by atoms with Crippen LogP contribution in [0.4, 0.5) is 0 Å². The smallest absolute Gasteiger partial charge is 0.317 e. The Morgan fingerprint density at radius 2 is 1.43 bits per heavy atom. The minimum atomic E-state index is -1.95. The molecule has 0 bridgehead atoms. The number of nitrogens with one attached hydrogen (secondary N) is 1. The molecule has 0 aromatic heterocycles. The highest BCUT2D eigenvalue weighted by atomic mass is 16.8. The second kappa shape index (κ2) is 25.6. The zero-order valence-electron chi connectivity index (χ0n) is 47.7. The maximum atomic E-state index is 15.5. The molecule has 6 fully saturated rings. The van der Waals surface area contributed by atoms with Crippen LogP contribution in [0.2, 0.25) is 0 Å². The van der Waals surface area contributed by atoms with E-state index in [0.717, 1.165) is 63.2 Å². The molecular weight excluding hydrogens is 1030 g/mol. The molecule has 7 aliphatic rings. The Bertz CT molecular complexity index is 2150. The number of aliphatic hydroxyl groups is 9. The van der Waals surface area contributed by atoms with E-state index in [2.05, 4.69) is 26.1 Å². The number of ether oxygens (including phenoxy) is 6. The number of amides is 1. The maximum Gasteiger partial charge on any atom is 0.317 e. The summed E-state index contributed by atoms with van der Waals surface area (Å²) in [6.07, 6.45) is -11.5. The van der Waals surface area contributed by atoms with Gasteiger partial charge in [0.2, 0.25) is 12.2 Å². The molecule has 21 nitrogen and oxygen atoms in total. The van der Waals surface area contributed by atoms with Gasteiger partial charge in [0.25, 0.3) is 0 Å². The Morgan fingerprint density at radius 1 is 0.810 bits per heavy atom. The molecule has 3 heterocycles. The number of fused-ring (bicyclic) bond motifs is 1. The zero-order valence-corrected chi connectivity index (χ0v) is 47.7. The Balaban J connectivity index is 1.12. The first-order valence-corrected chi connectivity index (χ1v) is 29.5. The number of esters is 1. The van der Waals surface area contributed by atoms with Gasteiger partial charge in [-0.05, 0) is 81.5 Å². The minimum Gasteiger partial charge on any atom is -0.481 e. The van der Waals surface area contributed by atoms with Crippen LogP contribution in [0.5, 0.6) is 0 Å². The summed E-state index contributed by atoms with van der Waals surface area (Å²) in [7, 11) is 0. The summed E-state index contributed by atoms with van der Waals surface area (Å²) < 4.78 is 36.2. The minimum absolute atomic E-state index is 0.0571. The standard InChI is InChI=1S/C58H95NO20/c1-9-11-23-57(30(3)41-32-25-36-54(5,6)35(55(7,29-61)37(63)10-2)22-24-58(32,36)56(41,8)26-38(57)64)53(73)79-52-49(78-51-47(72)45(70)48(31(4)75-51)77-50-46(71)43(68)33(62)28-74-50)44(69)42(34(27-60)76-52)59-39(65)20-18-16-14-12-13-15-17-19-21-40(66)67/h29-31,33-38,42-52,60,62-64,68-72H,9-28H2,1-8H3,(H,59,65)(H,66,67)/t30?,31-,33-,34-,35-,36?,37?,38-,42?,43?,44?,45?,46?,47?,48?,49?,50+,51+,52+,55?,56-,57?,58+/m1/s1. The molecule has 79 heavy (non-hydrogen) atoms. The zero-order chi connectivity index (χ0) is 58.2. The van der Waals surface area contributed by atoms with Gasteiger partial charge in [0.15, 0.2) is 18.7 Å². The number of hydrogen-bond acceptors (Lipinski definition) is 19. The lowest BCUT2D eigenvalue weighted by molar-refractivity contribution is -0.370. The van der Waals surface area contributed by atoms with Crippen molar-refractivity contribution >= 4 is 24.1 Å². The van der Waals surface area contributed by atoms with E-state index in [0.29, 0.717) is 38.5 Å². The number of carboxylic acid groups (broad SMARTS) is 1. The molecule has 1 amide bonds. The van der Waals surface area contributed by atoms with Crippen LogP contribution < -0.4 is 5.32 Å². The summed E-state index contributed by atoms with van der Waals surface area (Å²) in [5.41, 5.74) is -1.28. The van der Waals surface area contributed by atoms with Crippen LogP contribution >= 0.6 is 0 Å². The van der Waals surface area contributed by atoms with E-state index in [9.17, 15) is 60.3 Å². The number of carbonyl (C=O) groups excluding carboxylic acids is 3. The van der Waals surface area contributed by atoms with Crippen LogP contribution in [-0.2, 0) is 47.6 Å². The number of unbranched alkanes of at least 4 members (excludes halogenated alkanes) is 8. The van der Waals surface area contributed by atoms with Gasteiger partial charge in [-0.15, -0.1) is 0 Å². The second-order valence-electron chi connectivity index (χ2n) is 25.4. The number of rotatable bonds is 26. The van der Waals surface area contributed by atoms with Gasteiger partial charge in [0, 0.05) is 23.7 Å². The van der Waals surface area contributed by atoms with Gasteiger partial charge in [0.1, 0.15) is 60.5 Å². The first-order chi connectivity index (χ1) is 37.3. The molecule has 0 aromatic rings. The lowest BCUT2D eigenvalue weighted by Gasteiger charge is -2.80. The second-order valence-corrected chi connectivity index (χ2v) is 25.4. The van der Waals surface area contributed by atoms with E-state index in [4.69, 9.17) is 33.5 Å². The molecule has 452 valence electrons. The summed E-state index contributed by atoms with van der Waals surface area (Å²) in [4.78, 5) is 52.7. The molecule has 4 aliphatic carbocycles. The van der Waals surface area contributed by atoms with Crippen molar-refractivity contribution in [2.24, 2.45) is 44.8 Å². The topological polar surface area (TPSA) is 338 Å². The van der Waals surface area contributed by atoms with Gasteiger partial charge in [0.05, 0.1) is 43.0 Å². The van der Waals surface area contributed by atoms with Crippen molar-refractivity contribution in [3.63, 3.8) is 0 Å². The van der Waals surface area contributed by atoms with Gasteiger partial charge >= 0.3 is 11.9 Å². The average molecular weight is 1130 g/mol. The van der Waals surface area contributed by atoms with Gasteiger partial charge < -0.3 is 89.6 Å². The van der Waals surface area contributed by atoms with E-state index in [1.807, 2.05) is 27.7 Å². The summed E-state index contributed by atoms with van der Waals surface area (Å²) in [6.45, 7) is 14.6. The molecule has 0 aromatic carbocycles. The lowest BCUT2D eigenvalue weighted by Crippen LogP contribution is -2.75. The van der Waals surface area contributed by atoms with E-state index < -0.39 is 151 Å². The van der Waals surface area contributed by atoms with E-state index in [-0.39, 0.29) is 48.3 Å².